The summed E-state index contributed by atoms with van der Waals surface area (Å²) < 4.78 is 10.9. The van der Waals surface area contributed by atoms with E-state index in [1.54, 1.807) is 0 Å². The maximum absolute atomic E-state index is 8.16. The fraction of sp³-hybridized carbons (Fsp3) is 1.00. The van der Waals surface area contributed by atoms with Crippen molar-refractivity contribution in [3.63, 3.8) is 0 Å². The van der Waals surface area contributed by atoms with E-state index in [1.807, 2.05) is 0 Å². The van der Waals surface area contributed by atoms with Crippen molar-refractivity contribution in [2.45, 2.75) is 18.9 Å². The van der Waals surface area contributed by atoms with Gasteiger partial charge in [-0.05, 0) is 18.4 Å². The molecule has 2 heterocycles. The molecule has 2 saturated heterocycles. The molecular weight excluding hydrogens is 170 g/mol. The molecule has 0 aromatic rings. The average Bonchev–Trinajstić information content (AvgIpc) is 2.74. The summed E-state index contributed by atoms with van der Waals surface area (Å²) in [6.07, 6.45) is 2.17. The molecule has 5 heteroatoms. The van der Waals surface area contributed by atoms with Crippen LogP contribution in [0.1, 0.15) is 12.8 Å². The Morgan fingerprint density at radius 2 is 2.46 bits per heavy atom. The highest BCUT2D eigenvalue weighted by Gasteiger charge is 2.42. The highest BCUT2D eigenvalue weighted by atomic mass is 16.5. The van der Waals surface area contributed by atoms with Crippen molar-refractivity contribution in [3.05, 3.63) is 10.4 Å². The predicted octanol–water partition coefficient (Wildman–Crippen LogP) is 1.49. The predicted molar refractivity (Wildman–Crippen MR) is 46.2 cm³/mol. The zero-order valence-electron chi connectivity index (χ0n) is 7.48. The second-order valence-corrected chi connectivity index (χ2v) is 3.85. The molecule has 5 nitrogen and oxygen atoms in total. The van der Waals surface area contributed by atoms with Crippen LogP contribution in [0.25, 0.3) is 10.4 Å². The summed E-state index contributed by atoms with van der Waals surface area (Å²) >= 11 is 0. The first kappa shape index (κ1) is 8.81. The Kier molecular flexibility index (Phi) is 2.40. The standard InChI is InChI=1S/C8H13N3O2/c9-11-10-4-7-3-8(6-13-7)1-2-12-5-8/h7H,1-6H2/t7-,8-/m0/s1. The summed E-state index contributed by atoms with van der Waals surface area (Å²) in [6.45, 7) is 2.87. The number of azide groups is 1. The molecule has 0 aromatic heterocycles. The van der Waals surface area contributed by atoms with Gasteiger partial charge in [0.1, 0.15) is 0 Å². The van der Waals surface area contributed by atoms with Crippen molar-refractivity contribution in [2.75, 3.05) is 26.4 Å². The van der Waals surface area contributed by atoms with E-state index >= 15 is 0 Å². The quantitative estimate of drug-likeness (QED) is 0.370. The van der Waals surface area contributed by atoms with Crippen LogP contribution in [0.3, 0.4) is 0 Å². The van der Waals surface area contributed by atoms with Crippen molar-refractivity contribution >= 4 is 0 Å². The SMILES string of the molecule is [N-]=[N+]=NC[C@@H]1C[C@]2(CCOC2)CO1. The highest BCUT2D eigenvalue weighted by Crippen LogP contribution is 2.39. The number of hydrogen-bond acceptors (Lipinski definition) is 3. The number of ether oxygens (including phenoxy) is 2. The van der Waals surface area contributed by atoms with Gasteiger partial charge in [-0.25, -0.2) is 0 Å². The molecule has 1 spiro atoms. The van der Waals surface area contributed by atoms with Gasteiger partial charge in [-0.3, -0.25) is 0 Å². The van der Waals surface area contributed by atoms with Crippen LogP contribution in [-0.4, -0.2) is 32.5 Å². The van der Waals surface area contributed by atoms with Gasteiger partial charge in [0, 0.05) is 16.9 Å². The van der Waals surface area contributed by atoms with E-state index in [2.05, 4.69) is 10.0 Å². The third-order valence-electron chi connectivity index (χ3n) is 2.82. The van der Waals surface area contributed by atoms with Crippen molar-refractivity contribution in [2.24, 2.45) is 10.5 Å². The largest absolute Gasteiger partial charge is 0.381 e. The van der Waals surface area contributed by atoms with E-state index in [-0.39, 0.29) is 11.5 Å². The summed E-state index contributed by atoms with van der Waals surface area (Å²) in [5.74, 6) is 0. The van der Waals surface area contributed by atoms with Crippen molar-refractivity contribution in [1.82, 2.24) is 0 Å². The fourth-order valence-corrected chi connectivity index (χ4v) is 2.06. The Bertz CT molecular complexity index is 232. The Morgan fingerprint density at radius 1 is 1.54 bits per heavy atom. The summed E-state index contributed by atoms with van der Waals surface area (Å²) in [5.41, 5.74) is 8.39. The summed E-state index contributed by atoms with van der Waals surface area (Å²) in [6, 6.07) is 0. The second-order valence-electron chi connectivity index (χ2n) is 3.85. The van der Waals surface area contributed by atoms with E-state index in [4.69, 9.17) is 15.0 Å². The lowest BCUT2D eigenvalue weighted by atomic mass is 9.85. The van der Waals surface area contributed by atoms with Gasteiger partial charge in [-0.2, -0.15) is 0 Å². The monoisotopic (exact) mass is 183 g/mol. The van der Waals surface area contributed by atoms with Gasteiger partial charge in [-0.15, -0.1) is 0 Å². The smallest absolute Gasteiger partial charge is 0.0638 e. The molecule has 0 aromatic carbocycles. The van der Waals surface area contributed by atoms with Crippen LogP contribution in [0.2, 0.25) is 0 Å². The first-order valence-electron chi connectivity index (χ1n) is 4.55. The van der Waals surface area contributed by atoms with E-state index in [0.29, 0.717) is 6.54 Å². The van der Waals surface area contributed by atoms with Crippen LogP contribution in [0.4, 0.5) is 0 Å². The van der Waals surface area contributed by atoms with Crippen LogP contribution >= 0.6 is 0 Å². The van der Waals surface area contributed by atoms with Crippen LogP contribution < -0.4 is 0 Å². The Hall–Kier alpha value is -0.770. The lowest BCUT2D eigenvalue weighted by Gasteiger charge is -2.17. The molecule has 2 fully saturated rings. The van der Waals surface area contributed by atoms with Crippen LogP contribution in [0.15, 0.2) is 5.11 Å². The van der Waals surface area contributed by atoms with Gasteiger partial charge < -0.3 is 9.47 Å². The van der Waals surface area contributed by atoms with Gasteiger partial charge >= 0.3 is 0 Å². The highest BCUT2D eigenvalue weighted by molar-refractivity contribution is 4.91. The van der Waals surface area contributed by atoms with Crippen molar-refractivity contribution < 1.29 is 9.47 Å². The van der Waals surface area contributed by atoms with E-state index in [1.165, 1.54) is 0 Å². The number of rotatable bonds is 2. The maximum Gasteiger partial charge on any atom is 0.0638 e. The molecule has 13 heavy (non-hydrogen) atoms. The molecule has 0 radical (unpaired) electrons. The molecule has 0 N–H and O–H groups in total. The van der Waals surface area contributed by atoms with Gasteiger partial charge in [-0.1, -0.05) is 5.11 Å². The molecule has 2 rings (SSSR count). The lowest BCUT2D eigenvalue weighted by Crippen LogP contribution is -2.21. The van der Waals surface area contributed by atoms with E-state index in [0.717, 1.165) is 32.7 Å². The fourth-order valence-electron chi connectivity index (χ4n) is 2.06. The molecule has 2 atom stereocenters. The Labute approximate surface area is 76.6 Å². The Balaban J connectivity index is 1.89. The van der Waals surface area contributed by atoms with Crippen LogP contribution in [0.5, 0.6) is 0 Å². The van der Waals surface area contributed by atoms with E-state index in [9.17, 15) is 0 Å². The summed E-state index contributed by atoms with van der Waals surface area (Å²) in [7, 11) is 0. The first-order chi connectivity index (χ1) is 6.35. The molecule has 72 valence electrons. The molecule has 2 aliphatic heterocycles. The molecule has 2 aliphatic rings. The zero-order chi connectivity index (χ0) is 9.15. The molecular formula is C8H13N3O2. The lowest BCUT2D eigenvalue weighted by molar-refractivity contribution is 0.0921. The number of nitrogens with zero attached hydrogens (tertiary/aromatic N) is 3. The summed E-state index contributed by atoms with van der Waals surface area (Å²) in [5, 5.41) is 3.52. The summed E-state index contributed by atoms with van der Waals surface area (Å²) in [4.78, 5) is 2.73. The average molecular weight is 183 g/mol. The van der Waals surface area contributed by atoms with Gasteiger partial charge in [0.05, 0.1) is 25.9 Å². The Morgan fingerprint density at radius 3 is 3.15 bits per heavy atom. The van der Waals surface area contributed by atoms with Crippen LogP contribution in [-0.2, 0) is 9.47 Å². The first-order valence-corrected chi connectivity index (χ1v) is 4.55. The minimum Gasteiger partial charge on any atom is -0.381 e. The van der Waals surface area contributed by atoms with Gasteiger partial charge in [0.2, 0.25) is 0 Å². The second kappa shape index (κ2) is 3.54. The molecule has 0 aliphatic carbocycles. The normalized spacial score (nSPS) is 38.0. The van der Waals surface area contributed by atoms with Crippen molar-refractivity contribution in [3.8, 4) is 0 Å². The molecule has 0 unspecified atom stereocenters. The van der Waals surface area contributed by atoms with Crippen LogP contribution in [0, 0.1) is 5.41 Å². The third-order valence-corrected chi connectivity index (χ3v) is 2.82. The van der Waals surface area contributed by atoms with Gasteiger partial charge in [0.25, 0.3) is 0 Å². The van der Waals surface area contributed by atoms with Crippen molar-refractivity contribution in [1.29, 1.82) is 0 Å². The third kappa shape index (κ3) is 1.77. The number of hydrogen-bond donors (Lipinski definition) is 0. The van der Waals surface area contributed by atoms with E-state index < -0.39 is 0 Å². The molecule has 0 saturated carbocycles. The zero-order valence-corrected chi connectivity index (χ0v) is 7.48. The molecule has 0 bridgehead atoms. The van der Waals surface area contributed by atoms with Gasteiger partial charge in [0.15, 0.2) is 0 Å². The maximum atomic E-state index is 8.16. The topological polar surface area (TPSA) is 67.2 Å². The minimum absolute atomic E-state index is 0.109. The molecule has 0 amide bonds. The minimum atomic E-state index is 0.109.